The molecule has 0 N–H and O–H groups in total. The number of hydrogen-bond donors (Lipinski definition) is 0. The Morgan fingerprint density at radius 3 is 2.00 bits per heavy atom. The summed E-state index contributed by atoms with van der Waals surface area (Å²) in [5.74, 6) is -1.73. The molecule has 0 aliphatic rings. The number of rotatable bonds is 8. The van der Waals surface area contributed by atoms with Gasteiger partial charge in [-0.1, -0.05) is 30.3 Å². The van der Waals surface area contributed by atoms with Crippen molar-refractivity contribution in [3.05, 3.63) is 35.9 Å². The molecule has 0 amide bonds. The highest BCUT2D eigenvalue weighted by Crippen LogP contribution is 2.15. The SMILES string of the molecule is CC(C)(C)OC(=O)C(C=O)CCCC(=O)OCc1ccccc1.COC(C)(C)C. The Labute approximate surface area is 174 Å². The quantitative estimate of drug-likeness (QED) is 0.358. The fourth-order valence-electron chi connectivity index (χ4n) is 1.90. The first kappa shape index (κ1) is 26.8. The molecule has 0 aliphatic carbocycles. The molecule has 164 valence electrons. The van der Waals surface area contributed by atoms with Crippen LogP contribution in [0.4, 0.5) is 0 Å². The highest BCUT2D eigenvalue weighted by atomic mass is 16.6. The summed E-state index contributed by atoms with van der Waals surface area (Å²) >= 11 is 0. The number of ether oxygens (including phenoxy) is 3. The van der Waals surface area contributed by atoms with Crippen LogP contribution in [0.3, 0.4) is 0 Å². The second-order valence-corrected chi connectivity index (χ2v) is 8.63. The van der Waals surface area contributed by atoms with Gasteiger partial charge in [-0.25, -0.2) is 0 Å². The molecule has 1 aromatic carbocycles. The van der Waals surface area contributed by atoms with E-state index in [-0.39, 0.29) is 31.0 Å². The molecule has 0 heterocycles. The molecule has 6 nitrogen and oxygen atoms in total. The lowest BCUT2D eigenvalue weighted by atomic mass is 10.0. The van der Waals surface area contributed by atoms with Crippen LogP contribution in [-0.4, -0.2) is 36.5 Å². The molecule has 0 fully saturated rings. The van der Waals surface area contributed by atoms with Gasteiger partial charge in [0, 0.05) is 13.5 Å². The summed E-state index contributed by atoms with van der Waals surface area (Å²) < 4.78 is 15.2. The topological polar surface area (TPSA) is 78.9 Å². The Morgan fingerprint density at radius 2 is 1.55 bits per heavy atom. The molecular weight excluding hydrogens is 372 g/mol. The first-order chi connectivity index (χ1) is 13.4. The minimum absolute atomic E-state index is 0.0417. The third kappa shape index (κ3) is 15.4. The van der Waals surface area contributed by atoms with Gasteiger partial charge in [0.25, 0.3) is 0 Å². The lowest BCUT2D eigenvalue weighted by Crippen LogP contribution is -2.29. The van der Waals surface area contributed by atoms with Gasteiger partial charge in [0.15, 0.2) is 0 Å². The lowest BCUT2D eigenvalue weighted by molar-refractivity contribution is -0.161. The van der Waals surface area contributed by atoms with Gasteiger partial charge in [-0.3, -0.25) is 9.59 Å². The zero-order valence-corrected chi connectivity index (χ0v) is 18.8. The summed E-state index contributed by atoms with van der Waals surface area (Å²) in [6, 6.07) is 9.38. The third-order valence-electron chi connectivity index (χ3n) is 3.62. The maximum absolute atomic E-state index is 11.8. The van der Waals surface area contributed by atoms with Crippen molar-refractivity contribution in [3.63, 3.8) is 0 Å². The van der Waals surface area contributed by atoms with E-state index in [1.54, 1.807) is 27.9 Å². The van der Waals surface area contributed by atoms with Crippen LogP contribution >= 0.6 is 0 Å². The van der Waals surface area contributed by atoms with E-state index in [1.807, 2.05) is 51.1 Å². The molecule has 0 spiro atoms. The Balaban J connectivity index is 0.00000113. The number of esters is 2. The van der Waals surface area contributed by atoms with Crippen molar-refractivity contribution in [2.45, 2.75) is 78.6 Å². The number of hydrogen-bond acceptors (Lipinski definition) is 6. The van der Waals surface area contributed by atoms with E-state index in [9.17, 15) is 14.4 Å². The number of benzene rings is 1. The smallest absolute Gasteiger partial charge is 0.316 e. The average Bonchev–Trinajstić information content (AvgIpc) is 2.63. The number of methoxy groups -OCH3 is 1. The average molecular weight is 409 g/mol. The van der Waals surface area contributed by atoms with Crippen LogP contribution in [0.25, 0.3) is 0 Å². The molecule has 0 aromatic heterocycles. The Kier molecular flexibility index (Phi) is 12.1. The monoisotopic (exact) mass is 408 g/mol. The van der Waals surface area contributed by atoms with Gasteiger partial charge < -0.3 is 19.0 Å². The predicted molar refractivity (Wildman–Crippen MR) is 112 cm³/mol. The van der Waals surface area contributed by atoms with Gasteiger partial charge in [-0.15, -0.1) is 0 Å². The first-order valence-corrected chi connectivity index (χ1v) is 9.81. The predicted octanol–water partition coefficient (Wildman–Crippen LogP) is 4.49. The number of carbonyl (C=O) groups is 3. The summed E-state index contributed by atoms with van der Waals surface area (Å²) in [6.45, 7) is 11.5. The maximum Gasteiger partial charge on any atom is 0.316 e. The van der Waals surface area contributed by atoms with Crippen LogP contribution in [0.2, 0.25) is 0 Å². The van der Waals surface area contributed by atoms with Crippen LogP contribution in [-0.2, 0) is 35.2 Å². The zero-order chi connectivity index (χ0) is 22.5. The Morgan fingerprint density at radius 1 is 1.00 bits per heavy atom. The lowest BCUT2D eigenvalue weighted by Gasteiger charge is -2.21. The van der Waals surface area contributed by atoms with Crippen molar-refractivity contribution in [2.75, 3.05) is 7.11 Å². The second kappa shape index (κ2) is 13.1. The molecule has 0 bridgehead atoms. The molecule has 1 atom stereocenters. The third-order valence-corrected chi connectivity index (χ3v) is 3.62. The first-order valence-electron chi connectivity index (χ1n) is 9.81. The standard InChI is InChI=1S/C18H24O5.C5H12O/c1-18(2,3)23-17(21)15(12-19)10-7-11-16(20)22-13-14-8-5-4-6-9-14;1-5(2,3)6-4/h4-6,8-9,12,15H,7,10-11,13H2,1-3H3;1-4H3. The molecule has 1 rings (SSSR count). The Bertz CT molecular complexity index is 610. The zero-order valence-electron chi connectivity index (χ0n) is 18.8. The van der Waals surface area contributed by atoms with Crippen molar-refractivity contribution in [1.82, 2.24) is 0 Å². The number of aldehydes is 1. The van der Waals surface area contributed by atoms with Crippen LogP contribution in [0.1, 0.15) is 66.4 Å². The normalized spacial score (nSPS) is 12.2. The Hall–Kier alpha value is -2.21. The minimum Gasteiger partial charge on any atom is -0.461 e. The summed E-state index contributed by atoms with van der Waals surface area (Å²) in [4.78, 5) is 34.5. The molecular formula is C23H36O6. The fourth-order valence-corrected chi connectivity index (χ4v) is 1.90. The number of carbonyl (C=O) groups excluding carboxylic acids is 3. The van der Waals surface area contributed by atoms with Gasteiger partial charge in [0.2, 0.25) is 0 Å². The second-order valence-electron chi connectivity index (χ2n) is 8.63. The summed E-state index contributed by atoms with van der Waals surface area (Å²) in [5, 5.41) is 0. The fraction of sp³-hybridized carbons (Fsp3) is 0.609. The summed E-state index contributed by atoms with van der Waals surface area (Å²) in [5.41, 5.74) is 0.327. The van der Waals surface area contributed by atoms with Crippen molar-refractivity contribution in [1.29, 1.82) is 0 Å². The van der Waals surface area contributed by atoms with Crippen molar-refractivity contribution < 1.29 is 28.6 Å². The van der Waals surface area contributed by atoms with Crippen molar-refractivity contribution >= 4 is 18.2 Å². The van der Waals surface area contributed by atoms with E-state index in [4.69, 9.17) is 14.2 Å². The van der Waals surface area contributed by atoms with Gasteiger partial charge >= 0.3 is 11.9 Å². The summed E-state index contributed by atoms with van der Waals surface area (Å²) in [7, 11) is 1.71. The van der Waals surface area contributed by atoms with Gasteiger partial charge in [0.1, 0.15) is 24.4 Å². The summed E-state index contributed by atoms with van der Waals surface area (Å²) in [6.07, 6.45) is 1.42. The molecule has 1 aromatic rings. The van der Waals surface area contributed by atoms with Crippen LogP contribution in [0.5, 0.6) is 0 Å². The highest BCUT2D eigenvalue weighted by Gasteiger charge is 2.24. The largest absolute Gasteiger partial charge is 0.461 e. The van der Waals surface area contributed by atoms with Gasteiger partial charge in [0.05, 0.1) is 5.60 Å². The maximum atomic E-state index is 11.8. The van der Waals surface area contributed by atoms with E-state index >= 15 is 0 Å². The molecule has 0 saturated heterocycles. The molecule has 1 unspecified atom stereocenters. The molecule has 0 radical (unpaired) electrons. The minimum atomic E-state index is -0.837. The van der Waals surface area contributed by atoms with Crippen molar-refractivity contribution in [3.8, 4) is 0 Å². The van der Waals surface area contributed by atoms with E-state index in [1.165, 1.54) is 0 Å². The highest BCUT2D eigenvalue weighted by molar-refractivity contribution is 5.87. The van der Waals surface area contributed by atoms with Gasteiger partial charge in [-0.05, 0) is 59.9 Å². The molecule has 29 heavy (non-hydrogen) atoms. The van der Waals surface area contributed by atoms with Crippen LogP contribution < -0.4 is 0 Å². The van der Waals surface area contributed by atoms with Crippen LogP contribution in [0, 0.1) is 5.92 Å². The van der Waals surface area contributed by atoms with E-state index in [2.05, 4.69) is 0 Å². The van der Waals surface area contributed by atoms with E-state index < -0.39 is 17.5 Å². The van der Waals surface area contributed by atoms with E-state index in [0.29, 0.717) is 12.7 Å². The van der Waals surface area contributed by atoms with Crippen molar-refractivity contribution in [2.24, 2.45) is 5.92 Å². The molecule has 6 heteroatoms. The molecule has 0 aliphatic heterocycles. The molecule has 0 saturated carbocycles. The van der Waals surface area contributed by atoms with E-state index in [0.717, 1.165) is 5.56 Å². The van der Waals surface area contributed by atoms with Gasteiger partial charge in [-0.2, -0.15) is 0 Å². The van der Waals surface area contributed by atoms with Crippen LogP contribution in [0.15, 0.2) is 30.3 Å².